The summed E-state index contributed by atoms with van der Waals surface area (Å²) in [5.41, 5.74) is 6.72. The number of nitrogen functional groups attached to an aromatic ring is 1. The molecule has 0 radical (unpaired) electrons. The molecule has 0 aliphatic heterocycles. The molecule has 0 aliphatic carbocycles. The first-order valence-electron chi connectivity index (χ1n) is 13.9. The monoisotopic (exact) mass is 725 g/mol. The van der Waals surface area contributed by atoms with Gasteiger partial charge in [-0.1, -0.05) is 0 Å². The molecule has 0 amide bonds. The van der Waals surface area contributed by atoms with E-state index in [-0.39, 0.29) is 12.4 Å². The lowest BCUT2D eigenvalue weighted by Gasteiger charge is -2.21. The van der Waals surface area contributed by atoms with E-state index in [2.05, 4.69) is 15.0 Å². The zero-order valence-corrected chi connectivity index (χ0v) is 28.3. The van der Waals surface area contributed by atoms with Crippen LogP contribution < -0.4 is 5.73 Å². The van der Waals surface area contributed by atoms with Crippen LogP contribution >= 0.6 is 7.60 Å². The first-order chi connectivity index (χ1) is 22.8. The topological polar surface area (TPSA) is 318 Å². The molecule has 1 unspecified atom stereocenters. The van der Waals surface area contributed by atoms with E-state index in [1.54, 1.807) is 39.2 Å². The van der Waals surface area contributed by atoms with E-state index in [0.29, 0.717) is 23.3 Å². The van der Waals surface area contributed by atoms with Crippen molar-refractivity contribution in [2.75, 3.05) is 25.7 Å². The lowest BCUT2D eigenvalue weighted by Crippen LogP contribution is -2.20. The lowest BCUT2D eigenvalue weighted by molar-refractivity contribution is -0.145. The third-order valence-corrected chi connectivity index (χ3v) is 6.11. The van der Waals surface area contributed by atoms with Crippen LogP contribution in [-0.4, -0.2) is 115 Å². The molecule has 22 nitrogen and oxygen atoms in total. The van der Waals surface area contributed by atoms with Gasteiger partial charge >= 0.3 is 37.8 Å². The minimum atomic E-state index is -4.06. The van der Waals surface area contributed by atoms with Crippen LogP contribution in [0.15, 0.2) is 24.8 Å². The highest BCUT2D eigenvalue weighted by atomic mass is 31.2. The van der Waals surface area contributed by atoms with Gasteiger partial charge in [-0.25, -0.2) is 38.9 Å². The van der Waals surface area contributed by atoms with Crippen LogP contribution in [0.25, 0.3) is 11.2 Å². The number of anilines is 1. The molecule has 0 saturated carbocycles. The number of aliphatic hydroxyl groups excluding tert-OH is 1. The van der Waals surface area contributed by atoms with Crippen molar-refractivity contribution in [3.05, 3.63) is 24.8 Å². The van der Waals surface area contributed by atoms with Crippen molar-refractivity contribution in [3.63, 3.8) is 0 Å². The average molecular weight is 726 g/mol. The molecule has 2 aromatic rings. The summed E-state index contributed by atoms with van der Waals surface area (Å²) >= 11 is 0. The minimum Gasteiger partial charge on any atom is -0.479 e. The molecule has 2 aromatic heterocycles. The second-order valence-electron chi connectivity index (χ2n) is 9.69. The number of ether oxygens (including phenoxy) is 5. The largest absolute Gasteiger partial charge is 0.510 e. The number of carboxylic acid groups (broad SMARTS) is 3. The van der Waals surface area contributed by atoms with Gasteiger partial charge in [0.15, 0.2) is 11.5 Å². The number of aromatic nitrogens is 4. The normalized spacial score (nSPS) is 12.3. The fourth-order valence-electron chi connectivity index (χ4n) is 2.60. The van der Waals surface area contributed by atoms with E-state index in [4.69, 9.17) is 58.9 Å². The molecular weight excluding hydrogens is 685 g/mol. The van der Waals surface area contributed by atoms with E-state index in [1.807, 2.05) is 0 Å². The molecule has 6 N–H and O–H groups in total. The van der Waals surface area contributed by atoms with Gasteiger partial charge in [-0.2, -0.15) is 0 Å². The van der Waals surface area contributed by atoms with Gasteiger partial charge in [0, 0.05) is 12.2 Å². The van der Waals surface area contributed by atoms with Crippen molar-refractivity contribution >= 4 is 54.8 Å². The Bertz CT molecular complexity index is 1400. The summed E-state index contributed by atoms with van der Waals surface area (Å²) in [4.78, 5) is 63.8. The number of hydrogen-bond donors (Lipinski definition) is 5. The molecule has 49 heavy (non-hydrogen) atoms. The second-order valence-corrected chi connectivity index (χ2v) is 11.7. The zero-order valence-electron chi connectivity index (χ0n) is 27.4. The highest BCUT2D eigenvalue weighted by Gasteiger charge is 2.29. The van der Waals surface area contributed by atoms with Crippen molar-refractivity contribution in [2.24, 2.45) is 0 Å². The van der Waals surface area contributed by atoms with Crippen LogP contribution in [0.5, 0.6) is 0 Å². The van der Waals surface area contributed by atoms with Crippen LogP contribution in [0.3, 0.4) is 0 Å². The number of hydrogen-bond acceptors (Lipinski definition) is 18. The molecule has 0 aromatic carbocycles. The highest BCUT2D eigenvalue weighted by Crippen LogP contribution is 2.48. The van der Waals surface area contributed by atoms with Gasteiger partial charge < -0.3 is 54.4 Å². The lowest BCUT2D eigenvalue weighted by atomic mass is 10.4. The van der Waals surface area contributed by atoms with Crippen molar-refractivity contribution < 1.29 is 81.7 Å². The summed E-state index contributed by atoms with van der Waals surface area (Å²) in [5, 5.41) is 31.4. The summed E-state index contributed by atoms with van der Waals surface area (Å²) in [7, 11) is -4.06. The van der Waals surface area contributed by atoms with Crippen molar-refractivity contribution in [3.8, 4) is 0 Å². The molecule has 2 atom stereocenters. The van der Waals surface area contributed by atoms with Gasteiger partial charge in [-0.05, 0) is 41.5 Å². The van der Waals surface area contributed by atoms with Crippen molar-refractivity contribution in [1.29, 1.82) is 0 Å². The van der Waals surface area contributed by atoms with Crippen LogP contribution in [0.2, 0.25) is 0 Å². The number of rotatable bonds is 16. The van der Waals surface area contributed by atoms with Crippen LogP contribution in [0.1, 0.15) is 41.5 Å². The van der Waals surface area contributed by atoms with Gasteiger partial charge in [0.1, 0.15) is 24.3 Å². The number of carboxylic acids is 3. The molecule has 276 valence electrons. The maximum absolute atomic E-state index is 13.1. The number of carbonyl (C=O) groups excluding carboxylic acids is 2. The number of aliphatic hydroxyl groups is 1. The standard InChI is InChI=1S/C19H30N5O10P.C4H4O4.C3H6O3/c1-12(2)33-18(25)28-9-31-35(27,32-10-29-19(26)34-13(3)4)11-30-14(5)6-24-8-23-15-16(20)21-7-22-17(15)24;5-3(6)1-2-4(7)8;1-2(4)3(5)6/h7-8,12-14H,6,9-11H2,1-5H3,(H2,20,21,22);1-2H,(H,5,6)(H,7,8);2,4H,1H3,(H,5,6)/b;2-1+;/t14-;;/m1../s1. The van der Waals surface area contributed by atoms with Gasteiger partial charge in [0.2, 0.25) is 13.6 Å². The summed E-state index contributed by atoms with van der Waals surface area (Å²) in [5.74, 6) is -3.46. The summed E-state index contributed by atoms with van der Waals surface area (Å²) in [6, 6.07) is 0. The molecule has 2 heterocycles. The van der Waals surface area contributed by atoms with Crippen molar-refractivity contribution in [1.82, 2.24) is 19.5 Å². The molecule has 0 saturated heterocycles. The fraction of sp³-hybridized carbons (Fsp3) is 0.538. The average Bonchev–Trinajstić information content (AvgIpc) is 3.38. The third-order valence-electron chi connectivity index (χ3n) is 4.64. The number of nitrogens with zero attached hydrogens (tertiary/aromatic N) is 4. The Morgan fingerprint density at radius 1 is 0.857 bits per heavy atom. The van der Waals surface area contributed by atoms with Gasteiger partial charge in [-0.15, -0.1) is 0 Å². The van der Waals surface area contributed by atoms with E-state index < -0.39 is 82.2 Å². The Balaban J connectivity index is 0.00000137. The van der Waals surface area contributed by atoms with Gasteiger partial charge in [-0.3, -0.25) is 13.6 Å². The number of fused-ring (bicyclic) bond motifs is 1. The fourth-order valence-corrected chi connectivity index (χ4v) is 3.68. The van der Waals surface area contributed by atoms with E-state index in [1.165, 1.54) is 19.6 Å². The van der Waals surface area contributed by atoms with Crippen LogP contribution in [0, 0.1) is 0 Å². The predicted octanol–water partition coefficient (Wildman–Crippen LogP) is 2.20. The van der Waals surface area contributed by atoms with E-state index in [9.17, 15) is 28.5 Å². The summed E-state index contributed by atoms with van der Waals surface area (Å²) < 4.78 is 49.7. The molecule has 0 fully saturated rings. The smallest absolute Gasteiger partial charge is 0.479 e. The second kappa shape index (κ2) is 22.6. The van der Waals surface area contributed by atoms with Crippen LogP contribution in [-0.2, 0) is 58.2 Å². The Morgan fingerprint density at radius 3 is 1.73 bits per heavy atom. The molecule has 23 heteroatoms. The Hall–Kier alpha value is -4.89. The summed E-state index contributed by atoms with van der Waals surface area (Å²) in [6.07, 6.45) is -1.25. The number of aliphatic carboxylic acids is 3. The summed E-state index contributed by atoms with van der Waals surface area (Å²) in [6.45, 7) is 8.17. The molecule has 0 spiro atoms. The number of imidazole rings is 1. The van der Waals surface area contributed by atoms with E-state index in [0.717, 1.165) is 0 Å². The van der Waals surface area contributed by atoms with E-state index >= 15 is 0 Å². The van der Waals surface area contributed by atoms with Gasteiger partial charge in [0.05, 0.1) is 31.2 Å². The quantitative estimate of drug-likeness (QED) is 0.0716. The molecule has 0 bridgehead atoms. The highest BCUT2D eigenvalue weighted by molar-refractivity contribution is 7.53. The predicted molar refractivity (Wildman–Crippen MR) is 164 cm³/mol. The number of nitrogens with two attached hydrogens (primary N) is 1. The van der Waals surface area contributed by atoms with Crippen LogP contribution in [0.4, 0.5) is 15.4 Å². The first kappa shape index (κ1) is 44.1. The Morgan fingerprint density at radius 2 is 1.33 bits per heavy atom. The molecular formula is C26H40N5O17P. The Kier molecular flexibility index (Phi) is 20.4. The zero-order chi connectivity index (χ0) is 37.7. The number of carbonyl (C=O) groups is 5. The minimum absolute atomic E-state index is 0.237. The van der Waals surface area contributed by atoms with Gasteiger partial charge in [0.25, 0.3) is 0 Å². The maximum Gasteiger partial charge on any atom is 0.510 e. The molecule has 0 aliphatic rings. The maximum atomic E-state index is 13.1. The van der Waals surface area contributed by atoms with Crippen molar-refractivity contribution in [2.45, 2.75) is 72.5 Å². The SMILES string of the molecule is CC(C)OC(=O)OCOP(=O)(CO[C@H](C)Cn1cnc2c(N)ncnc21)OCOC(=O)OC(C)C.CC(O)C(=O)O.O=C(O)/C=C/C(=O)O. The molecule has 2 rings (SSSR count). The Labute approximate surface area is 279 Å². The third kappa shape index (κ3) is 20.9. The first-order valence-corrected chi connectivity index (χ1v) is 15.6.